The molecule has 1 amide bonds. The Bertz CT molecular complexity index is 460. The molecule has 19 heavy (non-hydrogen) atoms. The van der Waals surface area contributed by atoms with Crippen molar-refractivity contribution in [2.24, 2.45) is 0 Å². The van der Waals surface area contributed by atoms with Crippen LogP contribution in [0, 0.1) is 5.82 Å². The highest BCUT2D eigenvalue weighted by atomic mass is 19.1. The van der Waals surface area contributed by atoms with Crippen molar-refractivity contribution < 1.29 is 19.1 Å². The molecule has 0 saturated carbocycles. The third-order valence-electron chi connectivity index (χ3n) is 2.67. The summed E-state index contributed by atoms with van der Waals surface area (Å²) in [6, 6.07) is 5.88. The molecular formula is C14H18FNO3. The zero-order valence-electron chi connectivity index (χ0n) is 11.0. The maximum Gasteiger partial charge on any atom is 0.303 e. The topological polar surface area (TPSA) is 66.4 Å². The van der Waals surface area contributed by atoms with Crippen molar-refractivity contribution in [1.29, 1.82) is 0 Å². The zero-order valence-corrected chi connectivity index (χ0v) is 11.0. The van der Waals surface area contributed by atoms with Crippen LogP contribution in [0.15, 0.2) is 24.3 Å². The van der Waals surface area contributed by atoms with Crippen molar-refractivity contribution in [3.05, 3.63) is 35.6 Å². The minimum absolute atomic E-state index is 0.0772. The number of carboxylic acids is 1. The molecule has 1 atom stereocenters. The molecule has 0 aromatic heterocycles. The van der Waals surface area contributed by atoms with Crippen LogP contribution in [0.4, 0.5) is 4.39 Å². The Labute approximate surface area is 111 Å². The molecule has 1 rings (SSSR count). The third-order valence-corrected chi connectivity index (χ3v) is 2.67. The van der Waals surface area contributed by atoms with Crippen LogP contribution in [0.5, 0.6) is 0 Å². The van der Waals surface area contributed by atoms with Gasteiger partial charge in [0.15, 0.2) is 0 Å². The predicted octanol–water partition coefficient (Wildman–Crippen LogP) is 2.30. The van der Waals surface area contributed by atoms with Gasteiger partial charge in [0.2, 0.25) is 5.91 Å². The van der Waals surface area contributed by atoms with Crippen LogP contribution >= 0.6 is 0 Å². The van der Waals surface area contributed by atoms with Gasteiger partial charge in [-0.15, -0.1) is 0 Å². The SMILES string of the molecule is CC(C)NC(=O)C(CCC(=O)O)c1ccccc1F. The molecule has 0 heterocycles. The van der Waals surface area contributed by atoms with Gasteiger partial charge < -0.3 is 10.4 Å². The van der Waals surface area contributed by atoms with Crippen LogP contribution in [-0.4, -0.2) is 23.0 Å². The van der Waals surface area contributed by atoms with Crippen LogP contribution in [-0.2, 0) is 9.59 Å². The largest absolute Gasteiger partial charge is 0.481 e. The van der Waals surface area contributed by atoms with Crippen molar-refractivity contribution in [3.63, 3.8) is 0 Å². The van der Waals surface area contributed by atoms with Crippen LogP contribution in [0.25, 0.3) is 0 Å². The Morgan fingerprint density at radius 2 is 1.95 bits per heavy atom. The molecule has 2 N–H and O–H groups in total. The number of halogens is 1. The van der Waals surface area contributed by atoms with Crippen molar-refractivity contribution in [3.8, 4) is 0 Å². The quantitative estimate of drug-likeness (QED) is 0.831. The van der Waals surface area contributed by atoms with Gasteiger partial charge in [-0.2, -0.15) is 0 Å². The summed E-state index contributed by atoms with van der Waals surface area (Å²) in [4.78, 5) is 22.7. The maximum absolute atomic E-state index is 13.7. The average Bonchev–Trinajstić information content (AvgIpc) is 2.30. The number of rotatable bonds is 6. The van der Waals surface area contributed by atoms with Crippen molar-refractivity contribution in [2.45, 2.75) is 38.6 Å². The molecule has 0 bridgehead atoms. The van der Waals surface area contributed by atoms with Gasteiger partial charge in [0.1, 0.15) is 5.82 Å². The zero-order chi connectivity index (χ0) is 14.4. The summed E-state index contributed by atoms with van der Waals surface area (Å²) in [6.07, 6.45) is -0.0979. The summed E-state index contributed by atoms with van der Waals surface area (Å²) in [6.45, 7) is 3.60. The Balaban J connectivity index is 2.95. The third kappa shape index (κ3) is 4.69. The first-order valence-corrected chi connectivity index (χ1v) is 6.18. The first-order valence-electron chi connectivity index (χ1n) is 6.18. The molecular weight excluding hydrogens is 249 g/mol. The number of carboxylic acid groups (broad SMARTS) is 1. The molecule has 1 unspecified atom stereocenters. The van der Waals surface area contributed by atoms with E-state index >= 15 is 0 Å². The van der Waals surface area contributed by atoms with E-state index in [1.165, 1.54) is 18.2 Å². The lowest BCUT2D eigenvalue weighted by molar-refractivity contribution is -0.137. The predicted molar refractivity (Wildman–Crippen MR) is 69.3 cm³/mol. The number of benzene rings is 1. The standard InChI is InChI=1S/C14H18FNO3/c1-9(2)16-14(19)11(7-8-13(17)18)10-5-3-4-6-12(10)15/h3-6,9,11H,7-8H2,1-2H3,(H,16,19)(H,17,18). The average molecular weight is 267 g/mol. The minimum atomic E-state index is -1.00. The number of aliphatic carboxylic acids is 1. The Morgan fingerprint density at radius 1 is 1.32 bits per heavy atom. The second-order valence-electron chi connectivity index (χ2n) is 4.67. The molecule has 0 radical (unpaired) electrons. The van der Waals surface area contributed by atoms with E-state index in [-0.39, 0.29) is 30.4 Å². The van der Waals surface area contributed by atoms with Gasteiger partial charge in [-0.3, -0.25) is 9.59 Å². The van der Waals surface area contributed by atoms with E-state index in [4.69, 9.17) is 5.11 Å². The van der Waals surface area contributed by atoms with E-state index in [1.807, 2.05) is 0 Å². The smallest absolute Gasteiger partial charge is 0.303 e. The molecule has 5 heteroatoms. The first kappa shape index (κ1) is 15.1. The van der Waals surface area contributed by atoms with Crippen molar-refractivity contribution in [1.82, 2.24) is 5.32 Å². The number of amides is 1. The summed E-state index contributed by atoms with van der Waals surface area (Å²) < 4.78 is 13.7. The maximum atomic E-state index is 13.7. The van der Waals surface area contributed by atoms with Gasteiger partial charge in [-0.05, 0) is 26.3 Å². The normalized spacial score (nSPS) is 12.2. The van der Waals surface area contributed by atoms with E-state index in [0.717, 1.165) is 0 Å². The Kier molecular flexibility index (Phi) is 5.48. The fraction of sp³-hybridized carbons (Fsp3) is 0.429. The van der Waals surface area contributed by atoms with E-state index in [2.05, 4.69) is 5.32 Å². The molecule has 0 aliphatic heterocycles. The fourth-order valence-corrected chi connectivity index (χ4v) is 1.84. The first-order chi connectivity index (χ1) is 8.91. The Hall–Kier alpha value is -1.91. The Morgan fingerprint density at radius 3 is 2.47 bits per heavy atom. The molecule has 0 fully saturated rings. The summed E-state index contributed by atoms with van der Waals surface area (Å²) >= 11 is 0. The summed E-state index contributed by atoms with van der Waals surface area (Å²) in [5.74, 6) is -2.61. The molecule has 1 aromatic rings. The van der Waals surface area contributed by atoms with Gasteiger partial charge >= 0.3 is 5.97 Å². The van der Waals surface area contributed by atoms with Crippen LogP contribution in [0.2, 0.25) is 0 Å². The van der Waals surface area contributed by atoms with Gasteiger partial charge in [0.25, 0.3) is 0 Å². The summed E-state index contributed by atoms with van der Waals surface area (Å²) in [7, 11) is 0. The van der Waals surface area contributed by atoms with Crippen LogP contribution in [0.1, 0.15) is 38.2 Å². The lowest BCUT2D eigenvalue weighted by atomic mass is 9.92. The molecule has 0 saturated heterocycles. The van der Waals surface area contributed by atoms with Gasteiger partial charge in [0, 0.05) is 18.0 Å². The monoisotopic (exact) mass is 267 g/mol. The summed E-state index contributed by atoms with van der Waals surface area (Å²) in [5, 5.41) is 11.4. The number of nitrogens with one attached hydrogen (secondary N) is 1. The number of hydrogen-bond acceptors (Lipinski definition) is 2. The molecule has 0 aliphatic rings. The highest BCUT2D eigenvalue weighted by Crippen LogP contribution is 2.24. The van der Waals surface area contributed by atoms with Crippen molar-refractivity contribution >= 4 is 11.9 Å². The number of carbonyl (C=O) groups excluding carboxylic acids is 1. The van der Waals surface area contributed by atoms with E-state index in [1.54, 1.807) is 19.9 Å². The van der Waals surface area contributed by atoms with Crippen LogP contribution < -0.4 is 5.32 Å². The van der Waals surface area contributed by atoms with E-state index in [0.29, 0.717) is 0 Å². The second-order valence-corrected chi connectivity index (χ2v) is 4.67. The van der Waals surface area contributed by atoms with Gasteiger partial charge in [-0.25, -0.2) is 4.39 Å². The van der Waals surface area contributed by atoms with E-state index in [9.17, 15) is 14.0 Å². The molecule has 0 spiro atoms. The van der Waals surface area contributed by atoms with E-state index < -0.39 is 17.7 Å². The molecule has 0 aliphatic carbocycles. The van der Waals surface area contributed by atoms with Crippen LogP contribution in [0.3, 0.4) is 0 Å². The molecule has 4 nitrogen and oxygen atoms in total. The number of carbonyl (C=O) groups is 2. The summed E-state index contributed by atoms with van der Waals surface area (Å²) in [5.41, 5.74) is 0.238. The highest BCUT2D eigenvalue weighted by molar-refractivity contribution is 5.84. The van der Waals surface area contributed by atoms with Crippen molar-refractivity contribution in [2.75, 3.05) is 0 Å². The molecule has 1 aromatic carbocycles. The lowest BCUT2D eigenvalue weighted by Gasteiger charge is -2.18. The van der Waals surface area contributed by atoms with Gasteiger partial charge in [-0.1, -0.05) is 18.2 Å². The highest BCUT2D eigenvalue weighted by Gasteiger charge is 2.24. The number of hydrogen-bond donors (Lipinski definition) is 2. The second kappa shape index (κ2) is 6.87. The lowest BCUT2D eigenvalue weighted by Crippen LogP contribution is -2.35. The molecule has 104 valence electrons. The minimum Gasteiger partial charge on any atom is -0.481 e. The fourth-order valence-electron chi connectivity index (χ4n) is 1.84. The van der Waals surface area contributed by atoms with Gasteiger partial charge in [0.05, 0.1) is 5.92 Å².